The lowest BCUT2D eigenvalue weighted by Gasteiger charge is -2.56. The predicted octanol–water partition coefficient (Wildman–Crippen LogP) is 8.17. The highest BCUT2D eigenvalue weighted by molar-refractivity contribution is 7.13. The summed E-state index contributed by atoms with van der Waals surface area (Å²) in [6.07, 6.45) is 4.40. The molecule has 4 atom stereocenters. The summed E-state index contributed by atoms with van der Waals surface area (Å²) < 4.78 is 16.9. The summed E-state index contributed by atoms with van der Waals surface area (Å²) in [5.74, 6) is -0.0760. The molecule has 4 aliphatic rings. The van der Waals surface area contributed by atoms with E-state index in [2.05, 4.69) is 46.3 Å². The molecule has 2 aromatic heterocycles. The number of unbranched alkanes of at least 4 members (excludes halogenated alkanes) is 4. The summed E-state index contributed by atoms with van der Waals surface area (Å²) >= 11 is 8.49. The monoisotopic (exact) mass is 1040 g/mol. The van der Waals surface area contributed by atoms with Crippen molar-refractivity contribution in [2.75, 3.05) is 75.2 Å². The molecule has 0 saturated carbocycles. The number of nitrogens with one attached hydrogen (secondary N) is 3. The topological polar surface area (TPSA) is 151 Å². The Morgan fingerprint density at radius 2 is 1.62 bits per heavy atom. The van der Waals surface area contributed by atoms with E-state index in [1.54, 1.807) is 11.3 Å². The number of halogens is 2. The van der Waals surface area contributed by atoms with Crippen LogP contribution in [0.1, 0.15) is 107 Å². The summed E-state index contributed by atoms with van der Waals surface area (Å²) in [6, 6.07) is 14.0. The lowest BCUT2D eigenvalue weighted by atomic mass is 9.75. The van der Waals surface area contributed by atoms with E-state index in [4.69, 9.17) is 16.6 Å². The first-order chi connectivity index (χ1) is 34.9. The standard InChI is InChI=1S/C56H74ClFN10O4S/c1-35-23-39(24-36(2)48(35)58)28-68-45-26-42(57)25-44(49(45)63-54(68)66-32-56(33-66)30-59-31-56)65-21-19-64(20-22-65)18-12-10-8-9-11-13-47(70)62-51(55(5,6)7)53(72)67-29-43(69)27-46(67)52(71)61-37(3)40-14-16-41(17-15-40)50-38(4)60-34-73-50/h14-17,23-26,34,37,43,46,51,59,69H,8-13,18-22,27-33H2,1-7H3,(H,61,71)(H,62,70). The Morgan fingerprint density at radius 1 is 0.932 bits per heavy atom. The number of aliphatic hydroxyl groups is 1. The predicted molar refractivity (Wildman–Crippen MR) is 290 cm³/mol. The molecule has 0 bridgehead atoms. The van der Waals surface area contributed by atoms with Crippen LogP contribution in [0.5, 0.6) is 0 Å². The fourth-order valence-electron chi connectivity index (χ4n) is 11.3. The number of aryl methyl sites for hydroxylation is 3. The normalized spacial score (nSPS) is 19.8. The van der Waals surface area contributed by atoms with Gasteiger partial charge >= 0.3 is 0 Å². The molecular weight excluding hydrogens is 963 g/mol. The number of amides is 3. The zero-order valence-corrected chi connectivity index (χ0v) is 45.3. The van der Waals surface area contributed by atoms with Gasteiger partial charge in [-0.1, -0.05) is 88.0 Å². The molecule has 17 heteroatoms. The van der Waals surface area contributed by atoms with Gasteiger partial charge in [0.25, 0.3) is 0 Å². The van der Waals surface area contributed by atoms with Gasteiger partial charge in [-0.2, -0.15) is 0 Å². The highest BCUT2D eigenvalue weighted by Gasteiger charge is 2.49. The van der Waals surface area contributed by atoms with Crippen molar-refractivity contribution in [1.82, 2.24) is 40.3 Å². The maximum atomic E-state index is 14.7. The number of hydrogen-bond donors (Lipinski definition) is 4. The molecule has 6 heterocycles. The van der Waals surface area contributed by atoms with E-state index in [-0.39, 0.29) is 42.5 Å². The molecule has 4 aliphatic heterocycles. The Bertz CT molecular complexity index is 2770. The van der Waals surface area contributed by atoms with Crippen LogP contribution in [-0.2, 0) is 20.9 Å². The molecule has 14 nitrogen and oxygen atoms in total. The van der Waals surface area contributed by atoms with E-state index in [9.17, 15) is 23.9 Å². The number of likely N-dealkylation sites (tertiary alicyclic amines) is 1. The van der Waals surface area contributed by atoms with Crippen molar-refractivity contribution in [3.8, 4) is 10.4 Å². The zero-order chi connectivity index (χ0) is 51.8. The highest BCUT2D eigenvalue weighted by Crippen LogP contribution is 2.41. The third-order valence-electron chi connectivity index (χ3n) is 15.6. The Kier molecular flexibility index (Phi) is 15.9. The summed E-state index contributed by atoms with van der Waals surface area (Å²) in [5, 5.41) is 20.9. The molecule has 392 valence electrons. The van der Waals surface area contributed by atoms with Crippen molar-refractivity contribution in [2.45, 2.75) is 124 Å². The summed E-state index contributed by atoms with van der Waals surface area (Å²) in [6.45, 7) is 22.5. The lowest BCUT2D eigenvalue weighted by Crippen LogP contribution is -2.71. The van der Waals surface area contributed by atoms with Gasteiger partial charge in [0.2, 0.25) is 23.7 Å². The molecule has 9 rings (SSSR count). The van der Waals surface area contributed by atoms with Gasteiger partial charge in [0.05, 0.1) is 46.0 Å². The number of thiazole rings is 1. The number of imidazole rings is 1. The Balaban J connectivity index is 0.723. The molecule has 4 fully saturated rings. The van der Waals surface area contributed by atoms with Crippen LogP contribution in [0.2, 0.25) is 5.02 Å². The molecule has 0 radical (unpaired) electrons. The van der Waals surface area contributed by atoms with Crippen LogP contribution in [0.3, 0.4) is 0 Å². The molecule has 4 N–H and O–H groups in total. The van der Waals surface area contributed by atoms with Crippen molar-refractivity contribution in [3.63, 3.8) is 0 Å². The van der Waals surface area contributed by atoms with E-state index in [1.165, 1.54) is 4.90 Å². The van der Waals surface area contributed by atoms with Crippen LogP contribution in [0.25, 0.3) is 21.5 Å². The molecular formula is C56H74ClFN10O4S. The Morgan fingerprint density at radius 3 is 2.26 bits per heavy atom. The smallest absolute Gasteiger partial charge is 0.246 e. The van der Waals surface area contributed by atoms with Crippen LogP contribution >= 0.6 is 22.9 Å². The first-order valence-corrected chi connectivity index (χ1v) is 27.6. The van der Waals surface area contributed by atoms with Gasteiger partial charge in [-0.25, -0.2) is 14.4 Å². The number of carbonyl (C=O) groups excluding carboxylic acids is 3. The molecule has 3 aromatic carbocycles. The number of β-amino-alcohol motifs (C(OH)–C–C–N with tert-alkyl or cyclic N) is 1. The van der Waals surface area contributed by atoms with Crippen LogP contribution in [0.4, 0.5) is 16.0 Å². The fraction of sp³-hybridized carbons (Fsp3) is 0.554. The number of rotatable bonds is 18. The molecule has 3 amide bonds. The van der Waals surface area contributed by atoms with Crippen LogP contribution < -0.4 is 25.8 Å². The third-order valence-corrected chi connectivity index (χ3v) is 16.8. The summed E-state index contributed by atoms with van der Waals surface area (Å²) in [7, 11) is 0. The number of piperazine rings is 1. The number of fused-ring (bicyclic) bond motifs is 1. The van der Waals surface area contributed by atoms with Gasteiger partial charge in [-0.05, 0) is 92.4 Å². The Hall–Kier alpha value is -5.13. The molecule has 5 aromatic rings. The largest absolute Gasteiger partial charge is 0.391 e. The maximum Gasteiger partial charge on any atom is 0.246 e. The highest BCUT2D eigenvalue weighted by atomic mass is 35.5. The van der Waals surface area contributed by atoms with Crippen molar-refractivity contribution in [2.24, 2.45) is 10.8 Å². The van der Waals surface area contributed by atoms with E-state index < -0.39 is 23.6 Å². The van der Waals surface area contributed by atoms with Crippen molar-refractivity contribution in [3.05, 3.63) is 92.8 Å². The number of hydrogen-bond acceptors (Lipinski definition) is 11. The Labute approximate surface area is 439 Å². The second-order valence-electron chi connectivity index (χ2n) is 22.5. The van der Waals surface area contributed by atoms with Gasteiger partial charge in [-0.3, -0.25) is 19.3 Å². The molecule has 4 saturated heterocycles. The van der Waals surface area contributed by atoms with Crippen LogP contribution in [-0.4, -0.2) is 131 Å². The number of nitrogens with zero attached hydrogens (tertiary/aromatic N) is 7. The molecule has 4 unspecified atom stereocenters. The van der Waals surface area contributed by atoms with Crippen molar-refractivity contribution >= 4 is 63.3 Å². The first kappa shape index (κ1) is 52.7. The fourth-order valence-corrected chi connectivity index (χ4v) is 12.3. The molecule has 73 heavy (non-hydrogen) atoms. The minimum Gasteiger partial charge on any atom is -0.391 e. The molecule has 0 aliphatic carbocycles. The SMILES string of the molecule is Cc1cc(Cn2c(N3CC4(CNC4)C3)nc3c(N4CCN(CCCCCCCC(=O)NC(C(=O)N5CC(O)CC5C(=O)NC(C)c5ccc(-c6scnc6C)cc5)C(C)(C)C)CC4)cc(Cl)cc32)cc(C)c1F. The minimum atomic E-state index is -0.856. The average molecular weight is 1040 g/mol. The number of carbonyl (C=O) groups is 3. The number of aliphatic hydroxyl groups excluding tert-OH is 1. The second kappa shape index (κ2) is 22.0. The number of aromatic nitrogens is 3. The van der Waals surface area contributed by atoms with Crippen LogP contribution in [0, 0.1) is 37.4 Å². The van der Waals surface area contributed by atoms with Gasteiger partial charge in [0, 0.05) is 82.2 Å². The van der Waals surface area contributed by atoms with Gasteiger partial charge in [0.1, 0.15) is 23.4 Å². The zero-order valence-electron chi connectivity index (χ0n) is 43.7. The summed E-state index contributed by atoms with van der Waals surface area (Å²) in [4.78, 5) is 60.9. The number of benzene rings is 3. The van der Waals surface area contributed by atoms with Gasteiger partial charge in [-0.15, -0.1) is 11.3 Å². The van der Waals surface area contributed by atoms with E-state index in [1.807, 2.05) is 96.4 Å². The van der Waals surface area contributed by atoms with E-state index in [0.29, 0.717) is 34.5 Å². The van der Waals surface area contributed by atoms with Crippen molar-refractivity contribution in [1.29, 1.82) is 0 Å². The lowest BCUT2D eigenvalue weighted by molar-refractivity contribution is -0.144. The van der Waals surface area contributed by atoms with Gasteiger partial charge in [0.15, 0.2) is 0 Å². The maximum absolute atomic E-state index is 14.7. The quantitative estimate of drug-likeness (QED) is 0.0634. The summed E-state index contributed by atoms with van der Waals surface area (Å²) in [5.41, 5.74) is 9.85. The minimum absolute atomic E-state index is 0.0310. The van der Waals surface area contributed by atoms with Crippen LogP contribution in [0.15, 0.2) is 54.0 Å². The third kappa shape index (κ3) is 11.7. The second-order valence-corrected chi connectivity index (χ2v) is 23.8. The van der Waals surface area contributed by atoms with E-state index in [0.717, 1.165) is 141 Å². The number of anilines is 2. The first-order valence-electron chi connectivity index (χ1n) is 26.3. The van der Waals surface area contributed by atoms with Crippen molar-refractivity contribution < 1.29 is 23.9 Å². The molecule has 1 spiro atoms. The average Bonchev–Trinajstić information content (AvgIpc) is 4.04. The van der Waals surface area contributed by atoms with E-state index >= 15 is 0 Å². The van der Waals surface area contributed by atoms with Gasteiger partial charge < -0.3 is 40.3 Å².